The first-order chi connectivity index (χ1) is 5.93. The highest BCUT2D eigenvalue weighted by Gasteiger charge is 2.13. The minimum absolute atomic E-state index is 0.745. The molecule has 0 aromatic rings. The summed E-state index contributed by atoms with van der Waals surface area (Å²) in [5, 5.41) is 1.04. The molecule has 0 unspecified atom stereocenters. The fraction of sp³-hybridized carbons (Fsp3) is 1.00. The second-order valence-electron chi connectivity index (χ2n) is 3.17. The third kappa shape index (κ3) is 4.43. The normalized spacial score (nSPS) is 19.8. The lowest BCUT2D eigenvalue weighted by Gasteiger charge is -2.21. The zero-order chi connectivity index (χ0) is 8.65. The third-order valence-electron chi connectivity index (χ3n) is 2.12. The van der Waals surface area contributed by atoms with Crippen molar-refractivity contribution in [2.45, 2.75) is 19.3 Å². The van der Waals surface area contributed by atoms with Crippen LogP contribution in [0, 0.1) is 5.92 Å². The first-order valence-electron chi connectivity index (χ1n) is 4.65. The highest BCUT2D eigenvalue weighted by Crippen LogP contribution is 2.14. The Bertz CT molecular complexity index is 103. The Labute approximate surface area is 82.7 Å². The molecule has 3 heteroatoms. The molecule has 0 amide bonds. The summed E-state index contributed by atoms with van der Waals surface area (Å²) in [6, 6.07) is 0. The summed E-state index contributed by atoms with van der Waals surface area (Å²) < 4.78 is 10.8. The van der Waals surface area contributed by atoms with Crippen LogP contribution in [0.15, 0.2) is 0 Å². The number of rotatable bonds is 5. The Hall–Kier alpha value is 0.400. The number of hydrogen-bond donors (Lipinski definition) is 0. The van der Waals surface area contributed by atoms with Gasteiger partial charge in [0.05, 0.1) is 0 Å². The molecule has 0 aromatic heterocycles. The summed E-state index contributed by atoms with van der Waals surface area (Å²) in [7, 11) is 0. The van der Waals surface area contributed by atoms with E-state index in [1.54, 1.807) is 0 Å². The van der Waals surface area contributed by atoms with E-state index in [2.05, 4.69) is 15.9 Å². The van der Waals surface area contributed by atoms with Crippen molar-refractivity contribution in [1.82, 2.24) is 0 Å². The molecule has 0 saturated carbocycles. The van der Waals surface area contributed by atoms with Crippen molar-refractivity contribution in [3.05, 3.63) is 0 Å². The van der Waals surface area contributed by atoms with E-state index in [0.29, 0.717) is 0 Å². The number of hydrogen-bond acceptors (Lipinski definition) is 2. The van der Waals surface area contributed by atoms with Crippen molar-refractivity contribution >= 4 is 15.9 Å². The third-order valence-corrected chi connectivity index (χ3v) is 2.68. The first-order valence-corrected chi connectivity index (χ1v) is 5.77. The van der Waals surface area contributed by atoms with E-state index in [9.17, 15) is 0 Å². The maximum atomic E-state index is 5.53. The molecule has 1 saturated heterocycles. The predicted octanol–water partition coefficient (Wildman–Crippen LogP) is 2.21. The fourth-order valence-electron chi connectivity index (χ4n) is 1.32. The maximum absolute atomic E-state index is 5.53. The summed E-state index contributed by atoms with van der Waals surface area (Å²) in [5.41, 5.74) is 0. The van der Waals surface area contributed by atoms with Gasteiger partial charge in [-0.1, -0.05) is 15.9 Å². The Kier molecular flexibility index (Phi) is 6.00. The van der Waals surface area contributed by atoms with Crippen LogP contribution >= 0.6 is 15.9 Å². The largest absolute Gasteiger partial charge is 0.381 e. The van der Waals surface area contributed by atoms with E-state index in [4.69, 9.17) is 9.47 Å². The van der Waals surface area contributed by atoms with E-state index < -0.39 is 0 Å². The van der Waals surface area contributed by atoms with E-state index in [1.165, 1.54) is 12.8 Å². The molecule has 0 bridgehead atoms. The lowest BCUT2D eigenvalue weighted by Crippen LogP contribution is -2.20. The molecule has 0 radical (unpaired) electrons. The zero-order valence-electron chi connectivity index (χ0n) is 7.43. The van der Waals surface area contributed by atoms with Gasteiger partial charge in [0.1, 0.15) is 0 Å². The summed E-state index contributed by atoms with van der Waals surface area (Å²) >= 11 is 3.38. The second kappa shape index (κ2) is 6.87. The van der Waals surface area contributed by atoms with Crippen LogP contribution in [-0.4, -0.2) is 31.8 Å². The van der Waals surface area contributed by atoms with Crippen molar-refractivity contribution in [3.63, 3.8) is 0 Å². The smallest absolute Gasteiger partial charge is 0.0495 e. The van der Waals surface area contributed by atoms with Crippen LogP contribution in [0.25, 0.3) is 0 Å². The lowest BCUT2D eigenvalue weighted by atomic mass is 10.0. The van der Waals surface area contributed by atoms with Crippen molar-refractivity contribution in [2.75, 3.05) is 31.8 Å². The van der Waals surface area contributed by atoms with Gasteiger partial charge in [0.2, 0.25) is 0 Å². The van der Waals surface area contributed by atoms with Gasteiger partial charge in [0, 0.05) is 31.8 Å². The molecule has 1 fully saturated rings. The van der Waals surface area contributed by atoms with Crippen LogP contribution in [-0.2, 0) is 9.47 Å². The standard InChI is InChI=1S/C9H17BrO2/c10-4-1-5-12-8-9-2-6-11-7-3-9/h9H,1-8H2. The van der Waals surface area contributed by atoms with Gasteiger partial charge >= 0.3 is 0 Å². The minimum atomic E-state index is 0.745. The summed E-state index contributed by atoms with van der Waals surface area (Å²) in [4.78, 5) is 0. The number of alkyl halides is 1. The van der Waals surface area contributed by atoms with Crippen molar-refractivity contribution in [1.29, 1.82) is 0 Å². The fourth-order valence-corrected chi connectivity index (χ4v) is 1.55. The van der Waals surface area contributed by atoms with E-state index in [-0.39, 0.29) is 0 Å². The monoisotopic (exact) mass is 236 g/mol. The maximum Gasteiger partial charge on any atom is 0.0495 e. The van der Waals surface area contributed by atoms with Crippen LogP contribution < -0.4 is 0 Å². The Morgan fingerprint density at radius 3 is 2.75 bits per heavy atom. The van der Waals surface area contributed by atoms with Gasteiger partial charge in [0.25, 0.3) is 0 Å². The quantitative estimate of drug-likeness (QED) is 0.539. The van der Waals surface area contributed by atoms with Crippen LogP contribution in [0.1, 0.15) is 19.3 Å². The highest BCUT2D eigenvalue weighted by atomic mass is 79.9. The molecular formula is C9H17BrO2. The van der Waals surface area contributed by atoms with E-state index in [0.717, 1.165) is 44.1 Å². The Balaban J connectivity index is 1.91. The molecule has 12 heavy (non-hydrogen) atoms. The van der Waals surface area contributed by atoms with Crippen LogP contribution in [0.2, 0.25) is 0 Å². The van der Waals surface area contributed by atoms with Gasteiger partial charge in [-0.05, 0) is 25.2 Å². The number of halogens is 1. The molecule has 0 aromatic carbocycles. The first kappa shape index (κ1) is 10.5. The topological polar surface area (TPSA) is 18.5 Å². The zero-order valence-corrected chi connectivity index (χ0v) is 9.01. The number of ether oxygens (including phenoxy) is 2. The second-order valence-corrected chi connectivity index (χ2v) is 3.97. The van der Waals surface area contributed by atoms with Crippen LogP contribution in [0.3, 0.4) is 0 Å². The molecule has 1 rings (SSSR count). The Morgan fingerprint density at radius 2 is 2.08 bits per heavy atom. The Morgan fingerprint density at radius 1 is 1.33 bits per heavy atom. The van der Waals surface area contributed by atoms with Gasteiger partial charge in [-0.3, -0.25) is 0 Å². The van der Waals surface area contributed by atoms with Gasteiger partial charge in [0.15, 0.2) is 0 Å². The summed E-state index contributed by atoms with van der Waals surface area (Å²) in [6.07, 6.45) is 3.46. The summed E-state index contributed by atoms with van der Waals surface area (Å²) in [6.45, 7) is 3.66. The molecule has 0 aliphatic carbocycles. The van der Waals surface area contributed by atoms with Gasteiger partial charge in [-0.25, -0.2) is 0 Å². The van der Waals surface area contributed by atoms with Crippen molar-refractivity contribution < 1.29 is 9.47 Å². The molecule has 0 N–H and O–H groups in total. The predicted molar refractivity (Wildman–Crippen MR) is 52.8 cm³/mol. The van der Waals surface area contributed by atoms with Gasteiger partial charge in [-0.2, -0.15) is 0 Å². The molecule has 0 atom stereocenters. The average Bonchev–Trinajstić information content (AvgIpc) is 2.14. The van der Waals surface area contributed by atoms with Gasteiger partial charge < -0.3 is 9.47 Å². The molecule has 1 heterocycles. The molecule has 0 spiro atoms. The van der Waals surface area contributed by atoms with Gasteiger partial charge in [-0.15, -0.1) is 0 Å². The van der Waals surface area contributed by atoms with Crippen molar-refractivity contribution in [2.24, 2.45) is 5.92 Å². The molecule has 72 valence electrons. The lowest BCUT2D eigenvalue weighted by molar-refractivity contribution is 0.0210. The molecule has 1 aliphatic heterocycles. The van der Waals surface area contributed by atoms with E-state index in [1.807, 2.05) is 0 Å². The van der Waals surface area contributed by atoms with E-state index >= 15 is 0 Å². The minimum Gasteiger partial charge on any atom is -0.381 e. The van der Waals surface area contributed by atoms with Crippen LogP contribution in [0.4, 0.5) is 0 Å². The SMILES string of the molecule is BrCCCOCC1CCOCC1. The van der Waals surface area contributed by atoms with Crippen LogP contribution in [0.5, 0.6) is 0 Å². The summed E-state index contributed by atoms with van der Waals surface area (Å²) in [5.74, 6) is 0.745. The van der Waals surface area contributed by atoms with Crippen molar-refractivity contribution in [3.8, 4) is 0 Å². The molecular weight excluding hydrogens is 220 g/mol. The molecule has 2 nitrogen and oxygen atoms in total. The average molecular weight is 237 g/mol. The highest BCUT2D eigenvalue weighted by molar-refractivity contribution is 9.09. The molecule has 1 aliphatic rings.